The Kier molecular flexibility index (Phi) is 3.36. The molecule has 0 bridgehead atoms. The molecule has 1 atom stereocenters. The molecule has 6 nitrogen and oxygen atoms in total. The number of likely N-dealkylation sites (N-methyl/N-ethyl adjacent to an activating group) is 1. The maximum Gasteiger partial charge on any atom is 0.269 e. The Balaban J connectivity index is 1.89. The molecule has 0 N–H and O–H groups in total. The summed E-state index contributed by atoms with van der Waals surface area (Å²) >= 11 is 0. The Hall–Kier alpha value is -1.85. The first kappa shape index (κ1) is 12.6. The fraction of sp³-hybridized carbons (Fsp3) is 0.583. The molecule has 0 saturated heterocycles. The topological polar surface area (TPSA) is 59.7 Å². The number of hydrogen-bond acceptors (Lipinski definition) is 4. The Morgan fingerprint density at radius 2 is 2.44 bits per heavy atom. The maximum atomic E-state index is 12.3. The number of carbonyl (C=O) groups is 1. The van der Waals surface area contributed by atoms with Crippen molar-refractivity contribution in [2.75, 3.05) is 13.6 Å². The third kappa shape index (κ3) is 2.52. The summed E-state index contributed by atoms with van der Waals surface area (Å²) in [7, 11) is 1.78. The minimum atomic E-state index is -0.840. The molecule has 0 aromatic carbocycles. The Bertz CT molecular complexity index is 455. The van der Waals surface area contributed by atoms with Crippen LogP contribution in [-0.4, -0.2) is 45.3 Å². The van der Waals surface area contributed by atoms with Crippen molar-refractivity contribution in [2.45, 2.75) is 32.4 Å². The van der Waals surface area contributed by atoms with Gasteiger partial charge in [0, 0.05) is 39.0 Å². The molecule has 0 spiro atoms. The molecule has 0 saturated carbocycles. The Labute approximate surface area is 106 Å². The van der Waals surface area contributed by atoms with E-state index in [1.807, 2.05) is 17.7 Å². The highest BCUT2D eigenvalue weighted by molar-refractivity contribution is 5.94. The monoisotopic (exact) mass is 250 g/mol. The van der Waals surface area contributed by atoms with E-state index < -0.39 is 5.60 Å². The highest BCUT2D eigenvalue weighted by Gasteiger charge is 2.42. The number of oxime groups is 1. The van der Waals surface area contributed by atoms with E-state index in [9.17, 15) is 4.79 Å². The number of carbonyl (C=O) groups excluding carboxylic acids is 1. The van der Waals surface area contributed by atoms with Crippen LogP contribution in [0.3, 0.4) is 0 Å². The second-order valence-electron chi connectivity index (χ2n) is 4.85. The standard InChI is InChI=1S/C12H18N4O2/c1-10-8-12(2,18-14-10)11(17)15(3)6-7-16-5-4-13-9-16/h4-5,9H,6-8H2,1-3H3/t12-/m0/s1. The summed E-state index contributed by atoms with van der Waals surface area (Å²) < 4.78 is 1.93. The molecule has 1 aromatic heterocycles. The molecule has 98 valence electrons. The number of aromatic nitrogens is 2. The summed E-state index contributed by atoms with van der Waals surface area (Å²) in [5.74, 6) is -0.0387. The molecule has 2 heterocycles. The number of imidazole rings is 1. The molecule has 0 aliphatic carbocycles. The van der Waals surface area contributed by atoms with E-state index in [1.54, 1.807) is 31.4 Å². The molecule has 2 rings (SSSR count). The summed E-state index contributed by atoms with van der Waals surface area (Å²) in [6.07, 6.45) is 5.89. The van der Waals surface area contributed by atoms with Gasteiger partial charge >= 0.3 is 0 Å². The number of nitrogens with zero attached hydrogens (tertiary/aromatic N) is 4. The van der Waals surface area contributed by atoms with E-state index in [0.29, 0.717) is 13.0 Å². The van der Waals surface area contributed by atoms with E-state index in [-0.39, 0.29) is 5.91 Å². The molecule has 1 aliphatic rings. The first-order valence-corrected chi connectivity index (χ1v) is 5.94. The van der Waals surface area contributed by atoms with Crippen LogP contribution in [0.2, 0.25) is 0 Å². The molecular formula is C12H18N4O2. The fourth-order valence-corrected chi connectivity index (χ4v) is 2.04. The van der Waals surface area contributed by atoms with Gasteiger partial charge in [0.05, 0.1) is 12.0 Å². The normalized spacial score (nSPS) is 22.5. The van der Waals surface area contributed by atoms with Gasteiger partial charge in [0.2, 0.25) is 5.60 Å². The molecule has 1 aliphatic heterocycles. The smallest absolute Gasteiger partial charge is 0.269 e. The van der Waals surface area contributed by atoms with E-state index in [4.69, 9.17) is 4.84 Å². The highest BCUT2D eigenvalue weighted by atomic mass is 16.7. The molecule has 0 fully saturated rings. The Morgan fingerprint density at radius 3 is 3.00 bits per heavy atom. The molecular weight excluding hydrogens is 232 g/mol. The second-order valence-corrected chi connectivity index (χ2v) is 4.85. The predicted octanol–water partition coefficient (Wildman–Crippen LogP) is 0.896. The minimum absolute atomic E-state index is 0.0387. The molecule has 1 aromatic rings. The predicted molar refractivity (Wildman–Crippen MR) is 67.1 cm³/mol. The van der Waals surface area contributed by atoms with E-state index in [0.717, 1.165) is 12.3 Å². The zero-order valence-corrected chi connectivity index (χ0v) is 11.0. The van der Waals surface area contributed by atoms with Crippen molar-refractivity contribution in [1.82, 2.24) is 14.5 Å². The van der Waals surface area contributed by atoms with Gasteiger partial charge in [0.1, 0.15) is 0 Å². The lowest BCUT2D eigenvalue weighted by atomic mass is 9.99. The first-order chi connectivity index (χ1) is 8.51. The van der Waals surface area contributed by atoms with Gasteiger partial charge in [-0.2, -0.15) is 0 Å². The van der Waals surface area contributed by atoms with Crippen LogP contribution < -0.4 is 0 Å². The summed E-state index contributed by atoms with van der Waals surface area (Å²) in [5, 5.41) is 3.86. The lowest BCUT2D eigenvalue weighted by Gasteiger charge is -2.27. The van der Waals surface area contributed by atoms with Gasteiger partial charge in [-0.15, -0.1) is 0 Å². The summed E-state index contributed by atoms with van der Waals surface area (Å²) in [6.45, 7) is 4.98. The largest absolute Gasteiger partial charge is 0.379 e. The van der Waals surface area contributed by atoms with Crippen LogP contribution in [0, 0.1) is 0 Å². The van der Waals surface area contributed by atoms with Crippen LogP contribution >= 0.6 is 0 Å². The van der Waals surface area contributed by atoms with Gasteiger partial charge in [-0.05, 0) is 13.8 Å². The molecule has 0 radical (unpaired) electrons. The van der Waals surface area contributed by atoms with Gasteiger partial charge in [0.15, 0.2) is 0 Å². The number of rotatable bonds is 4. The van der Waals surface area contributed by atoms with Crippen molar-refractivity contribution in [3.63, 3.8) is 0 Å². The van der Waals surface area contributed by atoms with Gasteiger partial charge in [0.25, 0.3) is 5.91 Å². The Morgan fingerprint density at radius 1 is 1.67 bits per heavy atom. The fourth-order valence-electron chi connectivity index (χ4n) is 2.04. The van der Waals surface area contributed by atoms with Crippen LogP contribution in [0.15, 0.2) is 23.9 Å². The molecule has 0 unspecified atom stereocenters. The van der Waals surface area contributed by atoms with Crippen LogP contribution in [0.4, 0.5) is 0 Å². The van der Waals surface area contributed by atoms with Crippen LogP contribution in [0.1, 0.15) is 20.3 Å². The zero-order chi connectivity index (χ0) is 13.2. The van der Waals surface area contributed by atoms with Crippen molar-refractivity contribution in [3.05, 3.63) is 18.7 Å². The lowest BCUT2D eigenvalue weighted by Crippen LogP contribution is -2.46. The van der Waals surface area contributed by atoms with Gasteiger partial charge in [-0.25, -0.2) is 4.98 Å². The number of hydrogen-bond donors (Lipinski definition) is 0. The van der Waals surface area contributed by atoms with Crippen LogP contribution in [0.25, 0.3) is 0 Å². The first-order valence-electron chi connectivity index (χ1n) is 5.94. The van der Waals surface area contributed by atoms with Crippen molar-refractivity contribution >= 4 is 11.6 Å². The highest BCUT2D eigenvalue weighted by Crippen LogP contribution is 2.25. The summed E-state index contributed by atoms with van der Waals surface area (Å²) in [4.78, 5) is 23.2. The second kappa shape index (κ2) is 4.80. The van der Waals surface area contributed by atoms with Crippen LogP contribution in [-0.2, 0) is 16.2 Å². The summed E-state index contributed by atoms with van der Waals surface area (Å²) in [6, 6.07) is 0. The van der Waals surface area contributed by atoms with E-state index in [1.165, 1.54) is 0 Å². The zero-order valence-electron chi connectivity index (χ0n) is 11.0. The van der Waals surface area contributed by atoms with Gasteiger partial charge < -0.3 is 14.3 Å². The third-order valence-corrected chi connectivity index (χ3v) is 3.05. The lowest BCUT2D eigenvalue weighted by molar-refractivity contribution is -0.151. The van der Waals surface area contributed by atoms with Crippen molar-refractivity contribution in [3.8, 4) is 0 Å². The van der Waals surface area contributed by atoms with Crippen molar-refractivity contribution < 1.29 is 9.63 Å². The van der Waals surface area contributed by atoms with Gasteiger partial charge in [-0.1, -0.05) is 5.16 Å². The number of amides is 1. The van der Waals surface area contributed by atoms with Gasteiger partial charge in [-0.3, -0.25) is 4.79 Å². The maximum absolute atomic E-state index is 12.3. The molecule has 18 heavy (non-hydrogen) atoms. The van der Waals surface area contributed by atoms with E-state index >= 15 is 0 Å². The molecule has 1 amide bonds. The SMILES string of the molecule is CC1=NO[C@](C)(C(=O)N(C)CCn2ccnc2)C1. The van der Waals surface area contributed by atoms with Crippen LogP contribution in [0.5, 0.6) is 0 Å². The average molecular weight is 250 g/mol. The third-order valence-electron chi connectivity index (χ3n) is 3.05. The van der Waals surface area contributed by atoms with E-state index in [2.05, 4.69) is 10.1 Å². The summed E-state index contributed by atoms with van der Waals surface area (Å²) in [5.41, 5.74) is 0.0159. The van der Waals surface area contributed by atoms with Crippen molar-refractivity contribution in [1.29, 1.82) is 0 Å². The average Bonchev–Trinajstić information content (AvgIpc) is 2.96. The molecule has 6 heteroatoms. The van der Waals surface area contributed by atoms with Crippen molar-refractivity contribution in [2.24, 2.45) is 5.16 Å². The quantitative estimate of drug-likeness (QED) is 0.797. The minimum Gasteiger partial charge on any atom is -0.379 e.